The van der Waals surface area contributed by atoms with Crippen LogP contribution in [-0.4, -0.2) is 23.3 Å². The van der Waals surface area contributed by atoms with Crippen molar-refractivity contribution in [1.29, 1.82) is 0 Å². The molecule has 10 rings (SSSR count). The van der Waals surface area contributed by atoms with E-state index in [-0.39, 0.29) is 0 Å². The van der Waals surface area contributed by atoms with Crippen molar-refractivity contribution in [2.75, 3.05) is 13.3 Å². The van der Waals surface area contributed by atoms with Crippen molar-refractivity contribution >= 4 is 44.1 Å². The lowest BCUT2D eigenvalue weighted by atomic mass is 9.66. The van der Waals surface area contributed by atoms with Crippen LogP contribution in [0.15, 0.2) is 140 Å². The molecule has 6 aromatic carbocycles. The molecule has 6 heteroatoms. The van der Waals surface area contributed by atoms with Crippen LogP contribution < -0.4 is 10.0 Å². The minimum Gasteiger partial charge on any atom is -0.457 e. The summed E-state index contributed by atoms with van der Waals surface area (Å²) in [4.78, 5) is 10.5. The quantitative estimate of drug-likeness (QED) is 0.176. The molecule has 2 aromatic heterocycles. The van der Waals surface area contributed by atoms with Gasteiger partial charge in [0.15, 0.2) is 5.82 Å². The summed E-state index contributed by atoms with van der Waals surface area (Å²) in [5.41, 5.74) is 10.4. The molecule has 49 heavy (non-hydrogen) atoms. The van der Waals surface area contributed by atoms with E-state index in [2.05, 4.69) is 109 Å². The molecule has 0 saturated heterocycles. The molecule has 2 aliphatic rings. The van der Waals surface area contributed by atoms with E-state index in [1.165, 1.54) is 27.0 Å². The number of aromatic nitrogens is 2. The van der Waals surface area contributed by atoms with E-state index in [1.807, 2.05) is 30.3 Å². The van der Waals surface area contributed by atoms with Crippen LogP contribution in [0, 0.1) is 0 Å². The van der Waals surface area contributed by atoms with Crippen molar-refractivity contribution in [3.63, 3.8) is 0 Å². The lowest BCUT2D eigenvalue weighted by Crippen LogP contribution is -2.32. The van der Waals surface area contributed by atoms with E-state index in [1.54, 1.807) is 24.7 Å². The monoisotopic (exact) mass is 668 g/mol. The van der Waals surface area contributed by atoms with Crippen molar-refractivity contribution in [3.8, 4) is 45.3 Å². The van der Waals surface area contributed by atoms with Crippen LogP contribution in [0.3, 0.4) is 0 Å². The highest BCUT2D eigenvalue weighted by Crippen LogP contribution is 2.62. The Bertz CT molecular complexity index is 2660. The fourth-order valence-corrected chi connectivity index (χ4v) is 9.91. The van der Waals surface area contributed by atoms with Crippen LogP contribution in [-0.2, 0) is 9.98 Å². The van der Waals surface area contributed by atoms with Crippen LogP contribution in [0.5, 0.6) is 11.5 Å². The van der Waals surface area contributed by atoms with Crippen LogP contribution in [0.25, 0.3) is 54.1 Å². The molecule has 0 fully saturated rings. The normalized spacial score (nSPS) is 13.9. The number of benzene rings is 6. The fourth-order valence-electron chi connectivity index (χ4n) is 7.89. The minimum atomic E-state index is -2.39. The molecule has 0 amide bonds. The van der Waals surface area contributed by atoms with E-state index < -0.39 is 12.6 Å². The van der Waals surface area contributed by atoms with Gasteiger partial charge in [-0.2, -0.15) is 0 Å². The predicted molar refractivity (Wildman–Crippen MR) is 202 cm³/mol. The molecule has 1 aliphatic carbocycles. The van der Waals surface area contributed by atoms with Gasteiger partial charge in [0.2, 0.25) is 0 Å². The van der Waals surface area contributed by atoms with Gasteiger partial charge in [0.05, 0.1) is 21.3 Å². The average Bonchev–Trinajstić information content (AvgIpc) is 3.65. The number of hydrogen-bond acceptors (Lipinski definition) is 5. The number of thiophene rings is 1. The second-order valence-corrected chi connectivity index (χ2v) is 17.5. The van der Waals surface area contributed by atoms with Crippen molar-refractivity contribution < 1.29 is 9.30 Å². The van der Waals surface area contributed by atoms with Gasteiger partial charge < -0.3 is 9.30 Å². The first kappa shape index (κ1) is 28.6. The van der Waals surface area contributed by atoms with Crippen molar-refractivity contribution in [3.05, 3.63) is 162 Å². The van der Waals surface area contributed by atoms with Gasteiger partial charge in [-0.15, -0.1) is 11.3 Å². The van der Waals surface area contributed by atoms with Crippen molar-refractivity contribution in [1.82, 2.24) is 9.97 Å². The molecule has 0 unspecified atom stereocenters. The average molecular weight is 669 g/mol. The summed E-state index contributed by atoms with van der Waals surface area (Å²) in [5.74, 6) is 2.36. The topological polar surface area (TPSA) is 52.1 Å². The number of para-hydroxylation sites is 1. The van der Waals surface area contributed by atoms with E-state index in [0.29, 0.717) is 5.82 Å². The van der Waals surface area contributed by atoms with Crippen LogP contribution in [0.4, 0.5) is 0 Å². The third-order valence-corrected chi connectivity index (χ3v) is 12.8. The van der Waals surface area contributed by atoms with Gasteiger partial charge in [0, 0.05) is 37.6 Å². The summed E-state index contributed by atoms with van der Waals surface area (Å²) >= 11 is 1.73. The molecule has 0 N–H and O–H groups in total. The first-order valence-corrected chi connectivity index (χ1v) is 19.8. The Hall–Kier alpha value is -5.35. The highest BCUT2D eigenvalue weighted by atomic mass is 32.1. The molecular formula is C43H29N2O2PS. The zero-order valence-corrected chi connectivity index (χ0v) is 28.6. The fraction of sp³-hybridized carbons (Fsp3) is 0.0698. The molecule has 4 nitrogen and oxygen atoms in total. The van der Waals surface area contributed by atoms with E-state index in [4.69, 9.17) is 14.7 Å². The van der Waals surface area contributed by atoms with Gasteiger partial charge in [-0.05, 0) is 65.9 Å². The standard InChI is InChI=1S/C43H29N2O2PS/c1-48(2,46)28-22-19-26(20-23-28)42-44-39(41-40(45-42)31-13-5-10-18-38(31)49-41)27-21-24-37-35(25-27)43(34-16-8-9-17-36(34)47-37)32-14-6-3-11-29(32)30-12-4-7-15-33(30)43/h3-25H,1-2H3. The summed E-state index contributed by atoms with van der Waals surface area (Å²) in [6, 6.07) is 48.9. The number of fused-ring (bicyclic) bond motifs is 12. The van der Waals surface area contributed by atoms with E-state index in [0.717, 1.165) is 60.4 Å². The number of nitrogens with zero attached hydrogens (tertiary/aromatic N) is 2. The largest absolute Gasteiger partial charge is 0.457 e. The van der Waals surface area contributed by atoms with Crippen LogP contribution >= 0.6 is 18.5 Å². The van der Waals surface area contributed by atoms with Gasteiger partial charge in [0.25, 0.3) is 0 Å². The third-order valence-electron chi connectivity index (χ3n) is 10.1. The zero-order valence-electron chi connectivity index (χ0n) is 26.8. The Morgan fingerprint density at radius 2 is 1.22 bits per heavy atom. The van der Waals surface area contributed by atoms with E-state index in [9.17, 15) is 4.57 Å². The van der Waals surface area contributed by atoms with E-state index >= 15 is 0 Å². The summed E-state index contributed by atoms with van der Waals surface area (Å²) < 4.78 is 21.7. The highest BCUT2D eigenvalue weighted by molar-refractivity contribution is 7.70. The molecule has 0 bridgehead atoms. The lowest BCUT2D eigenvalue weighted by molar-refractivity contribution is 0.436. The van der Waals surface area contributed by atoms with Gasteiger partial charge in [-0.25, -0.2) is 9.97 Å². The highest BCUT2D eigenvalue weighted by Gasteiger charge is 2.51. The van der Waals surface area contributed by atoms with Gasteiger partial charge in [-0.1, -0.05) is 109 Å². The summed E-state index contributed by atoms with van der Waals surface area (Å²) in [5, 5.41) is 1.96. The molecule has 0 atom stereocenters. The summed E-state index contributed by atoms with van der Waals surface area (Å²) in [6.07, 6.45) is 0. The van der Waals surface area contributed by atoms with Crippen LogP contribution in [0.1, 0.15) is 22.3 Å². The minimum absolute atomic E-state index is 0.563. The van der Waals surface area contributed by atoms with Crippen LogP contribution in [0.2, 0.25) is 0 Å². The SMILES string of the molecule is CP(C)(=O)c1ccc(-c2nc(-c3ccc4c(c3)C3(c5ccccc5O4)c4ccccc4-c4ccccc43)c3sc4ccccc4c3n2)cc1. The van der Waals surface area contributed by atoms with Gasteiger partial charge in [0.1, 0.15) is 18.6 Å². The summed E-state index contributed by atoms with van der Waals surface area (Å²) in [6.45, 7) is 3.60. The molecule has 8 aromatic rings. The third kappa shape index (κ3) is 4.07. The summed E-state index contributed by atoms with van der Waals surface area (Å²) in [7, 11) is -2.39. The number of ether oxygens (including phenoxy) is 1. The van der Waals surface area contributed by atoms with Gasteiger partial charge >= 0.3 is 0 Å². The van der Waals surface area contributed by atoms with Crippen molar-refractivity contribution in [2.45, 2.75) is 5.41 Å². The molecule has 0 radical (unpaired) electrons. The lowest BCUT2D eigenvalue weighted by Gasteiger charge is -2.39. The molecule has 1 aliphatic heterocycles. The van der Waals surface area contributed by atoms with Crippen molar-refractivity contribution in [2.24, 2.45) is 0 Å². The molecule has 234 valence electrons. The zero-order chi connectivity index (χ0) is 32.9. The molecule has 1 spiro atoms. The maximum absolute atomic E-state index is 12.8. The Labute approximate surface area is 288 Å². The predicted octanol–water partition coefficient (Wildman–Crippen LogP) is 10.9. The van der Waals surface area contributed by atoms with Gasteiger partial charge in [-0.3, -0.25) is 0 Å². The molecule has 3 heterocycles. The maximum Gasteiger partial charge on any atom is 0.160 e. The Morgan fingerprint density at radius 3 is 1.96 bits per heavy atom. The first-order valence-electron chi connectivity index (χ1n) is 16.4. The number of rotatable bonds is 3. The smallest absolute Gasteiger partial charge is 0.160 e. The Balaban J connectivity index is 1.26. The Morgan fingerprint density at radius 1 is 0.612 bits per heavy atom. The molecular weight excluding hydrogens is 640 g/mol. The second kappa shape index (κ2) is 10.3. The first-order chi connectivity index (χ1) is 23.9. The number of hydrogen-bond donors (Lipinski definition) is 0. The second-order valence-electron chi connectivity index (χ2n) is 13.2. The Kier molecular flexibility index (Phi) is 6.04. The maximum atomic E-state index is 12.8. The molecule has 0 saturated carbocycles.